The molecule has 2 atom stereocenters. The van der Waals surface area contributed by atoms with Crippen LogP contribution in [0.3, 0.4) is 0 Å². The fraction of sp³-hybridized carbons (Fsp3) is 0.879. The highest BCUT2D eigenvalue weighted by molar-refractivity contribution is 7.47. The number of ether oxygens (including phenoxy) is 2. The van der Waals surface area contributed by atoms with Gasteiger partial charge in [0.2, 0.25) is 0 Å². The van der Waals surface area contributed by atoms with Crippen molar-refractivity contribution in [2.75, 3.05) is 54.1 Å². The van der Waals surface area contributed by atoms with E-state index in [1.807, 2.05) is 21.1 Å². The Labute approximate surface area is 416 Å². The number of esters is 1. The lowest BCUT2D eigenvalue weighted by Crippen LogP contribution is -2.37. The van der Waals surface area contributed by atoms with E-state index in [-0.39, 0.29) is 25.8 Å². The monoisotopic (exact) mass is 967 g/mol. The van der Waals surface area contributed by atoms with E-state index in [9.17, 15) is 14.3 Å². The van der Waals surface area contributed by atoms with Crippen LogP contribution in [0.15, 0.2) is 36.5 Å². The second kappa shape index (κ2) is 51.1. The Bertz CT molecular complexity index is 1170. The molecule has 0 amide bonds. The average Bonchev–Trinajstić information content (AvgIpc) is 3.29. The number of quaternary nitrogens is 1. The number of phosphoric ester groups is 1. The third-order valence-corrected chi connectivity index (χ3v) is 13.7. The van der Waals surface area contributed by atoms with Crippen molar-refractivity contribution < 1.29 is 37.3 Å². The summed E-state index contributed by atoms with van der Waals surface area (Å²) in [7, 11) is 1.67. The minimum Gasteiger partial charge on any atom is -0.457 e. The SMILES string of the molecule is CCCCCCC/C=C\C/C=C\C/C=C\CCCCCCCCCOCC(COP(=O)(O)OCC[N+](C)(C)C)OC(=O)CCCCCCCCCCCCCCCCCCCCCCCCC. The third kappa shape index (κ3) is 55.5. The van der Waals surface area contributed by atoms with Crippen LogP contribution in [0.1, 0.15) is 271 Å². The molecule has 9 heteroatoms. The molecule has 0 saturated heterocycles. The summed E-state index contributed by atoms with van der Waals surface area (Å²) < 4.78 is 35.3. The maximum atomic E-state index is 12.8. The smallest absolute Gasteiger partial charge is 0.457 e. The predicted octanol–water partition coefficient (Wildman–Crippen LogP) is 18.1. The van der Waals surface area contributed by atoms with Gasteiger partial charge < -0.3 is 18.9 Å². The highest BCUT2D eigenvalue weighted by Crippen LogP contribution is 2.43. The second-order valence-electron chi connectivity index (χ2n) is 20.7. The predicted molar refractivity (Wildman–Crippen MR) is 289 cm³/mol. The minimum atomic E-state index is -4.29. The standard InChI is InChI=1S/C58H112NO7P/c1-6-8-10-12-14-16-18-20-22-24-26-28-30-31-33-35-37-39-41-43-45-47-49-51-58(60)66-57(56-65-67(61,62)64-54-52-59(3,4)5)55-63-53-50-48-46-44-42-40-38-36-34-32-29-27-25-23-21-19-17-15-13-11-9-7-2/h19,21,25,27,32,34,57H,6-18,20,22-24,26,28-31,33,35-56H2,1-5H3/p+1/b21-19-,27-25-,34-32-. The van der Waals surface area contributed by atoms with Crippen LogP contribution in [0.2, 0.25) is 0 Å². The van der Waals surface area contributed by atoms with Crippen molar-refractivity contribution in [3.63, 3.8) is 0 Å². The van der Waals surface area contributed by atoms with Crippen LogP contribution in [0.4, 0.5) is 0 Å². The van der Waals surface area contributed by atoms with Gasteiger partial charge in [0.25, 0.3) is 0 Å². The Morgan fingerprint density at radius 3 is 1.22 bits per heavy atom. The number of carbonyl (C=O) groups is 1. The molecule has 396 valence electrons. The van der Waals surface area contributed by atoms with Crippen LogP contribution in [0.5, 0.6) is 0 Å². The molecule has 0 bridgehead atoms. The number of hydrogen-bond donors (Lipinski definition) is 1. The Hall–Kier alpha value is -1.28. The van der Waals surface area contributed by atoms with Gasteiger partial charge in [0.1, 0.15) is 19.3 Å². The summed E-state index contributed by atoms with van der Waals surface area (Å²) >= 11 is 0. The van der Waals surface area contributed by atoms with Crippen molar-refractivity contribution >= 4 is 13.8 Å². The van der Waals surface area contributed by atoms with Gasteiger partial charge in [-0.3, -0.25) is 13.8 Å². The van der Waals surface area contributed by atoms with Crippen molar-refractivity contribution in [1.82, 2.24) is 0 Å². The summed E-state index contributed by atoms with van der Waals surface area (Å²) in [4.78, 5) is 23.1. The van der Waals surface area contributed by atoms with E-state index in [0.717, 1.165) is 51.4 Å². The Morgan fingerprint density at radius 1 is 0.463 bits per heavy atom. The first-order valence-corrected chi connectivity index (χ1v) is 30.2. The van der Waals surface area contributed by atoms with E-state index in [1.54, 1.807) is 0 Å². The maximum absolute atomic E-state index is 12.8. The number of allylic oxidation sites excluding steroid dienone is 6. The summed E-state index contributed by atoms with van der Waals surface area (Å²) in [6.45, 7) is 5.64. The van der Waals surface area contributed by atoms with Crippen LogP contribution in [-0.2, 0) is 27.9 Å². The van der Waals surface area contributed by atoms with Gasteiger partial charge in [-0.25, -0.2) is 4.57 Å². The third-order valence-electron chi connectivity index (χ3n) is 12.7. The molecule has 0 fully saturated rings. The molecule has 0 aliphatic rings. The number of hydrogen-bond acceptors (Lipinski definition) is 6. The number of nitrogens with zero attached hydrogens (tertiary/aromatic N) is 1. The van der Waals surface area contributed by atoms with Crippen molar-refractivity contribution in [2.24, 2.45) is 0 Å². The quantitative estimate of drug-likeness (QED) is 0.0213. The van der Waals surface area contributed by atoms with E-state index in [0.29, 0.717) is 24.1 Å². The van der Waals surface area contributed by atoms with E-state index >= 15 is 0 Å². The van der Waals surface area contributed by atoms with Crippen LogP contribution < -0.4 is 0 Å². The molecule has 0 heterocycles. The van der Waals surface area contributed by atoms with Crippen molar-refractivity contribution in [3.05, 3.63) is 36.5 Å². The molecular weight excluding hydrogens is 854 g/mol. The zero-order chi connectivity index (χ0) is 49.0. The normalized spacial score (nSPS) is 13.7. The van der Waals surface area contributed by atoms with Gasteiger partial charge in [0, 0.05) is 13.0 Å². The molecule has 0 saturated carbocycles. The van der Waals surface area contributed by atoms with E-state index in [4.69, 9.17) is 18.5 Å². The molecule has 0 rings (SSSR count). The van der Waals surface area contributed by atoms with Crippen LogP contribution >= 0.6 is 7.82 Å². The number of carbonyl (C=O) groups excluding carboxylic acids is 1. The maximum Gasteiger partial charge on any atom is 0.472 e. The summed E-state index contributed by atoms with van der Waals surface area (Å²) in [5.41, 5.74) is 0. The molecule has 0 aromatic rings. The molecular formula is C58H113NO7P+. The van der Waals surface area contributed by atoms with Gasteiger partial charge in [0.15, 0.2) is 0 Å². The van der Waals surface area contributed by atoms with E-state index in [1.165, 1.54) is 199 Å². The van der Waals surface area contributed by atoms with Crippen LogP contribution in [-0.4, -0.2) is 75.6 Å². The summed E-state index contributed by atoms with van der Waals surface area (Å²) in [5, 5.41) is 0. The first-order valence-electron chi connectivity index (χ1n) is 28.7. The van der Waals surface area contributed by atoms with E-state index < -0.39 is 13.9 Å². The zero-order valence-corrected chi connectivity index (χ0v) is 46.0. The lowest BCUT2D eigenvalue weighted by Gasteiger charge is -2.24. The second-order valence-corrected chi connectivity index (χ2v) is 22.1. The molecule has 1 N–H and O–H groups in total. The molecule has 0 radical (unpaired) electrons. The highest BCUT2D eigenvalue weighted by atomic mass is 31.2. The Morgan fingerprint density at radius 2 is 0.821 bits per heavy atom. The first kappa shape index (κ1) is 65.7. The topological polar surface area (TPSA) is 91.3 Å². The van der Waals surface area contributed by atoms with Gasteiger partial charge in [-0.1, -0.05) is 249 Å². The molecule has 0 spiro atoms. The molecule has 0 aliphatic heterocycles. The van der Waals surface area contributed by atoms with Crippen LogP contribution in [0.25, 0.3) is 0 Å². The molecule has 67 heavy (non-hydrogen) atoms. The van der Waals surface area contributed by atoms with Gasteiger partial charge >= 0.3 is 13.8 Å². The fourth-order valence-corrected chi connectivity index (χ4v) is 9.01. The molecule has 0 aliphatic carbocycles. The average molecular weight is 968 g/mol. The van der Waals surface area contributed by atoms with Crippen molar-refractivity contribution in [1.29, 1.82) is 0 Å². The van der Waals surface area contributed by atoms with Crippen molar-refractivity contribution in [2.45, 2.75) is 277 Å². The molecule has 0 aromatic carbocycles. The number of likely N-dealkylation sites (N-methyl/N-ethyl adjacent to an activating group) is 1. The van der Waals surface area contributed by atoms with Gasteiger partial charge in [-0.05, 0) is 51.4 Å². The summed E-state index contributed by atoms with van der Waals surface area (Å²) in [5.74, 6) is -0.311. The van der Waals surface area contributed by atoms with Crippen molar-refractivity contribution in [3.8, 4) is 0 Å². The van der Waals surface area contributed by atoms with Crippen LogP contribution in [0, 0.1) is 0 Å². The summed E-state index contributed by atoms with van der Waals surface area (Å²) in [6, 6.07) is 0. The summed E-state index contributed by atoms with van der Waals surface area (Å²) in [6.07, 6.45) is 63.5. The number of rotatable bonds is 54. The zero-order valence-electron chi connectivity index (χ0n) is 45.2. The highest BCUT2D eigenvalue weighted by Gasteiger charge is 2.26. The largest absolute Gasteiger partial charge is 0.472 e. The van der Waals surface area contributed by atoms with E-state index in [2.05, 4.69) is 50.3 Å². The lowest BCUT2D eigenvalue weighted by molar-refractivity contribution is -0.870. The Kier molecular flexibility index (Phi) is 50.1. The van der Waals surface area contributed by atoms with Gasteiger partial charge in [-0.2, -0.15) is 0 Å². The van der Waals surface area contributed by atoms with Gasteiger partial charge in [-0.15, -0.1) is 0 Å². The number of unbranched alkanes of at least 4 members (excludes halogenated alkanes) is 34. The lowest BCUT2D eigenvalue weighted by atomic mass is 10.0. The Balaban J connectivity index is 4.08. The van der Waals surface area contributed by atoms with Gasteiger partial charge in [0.05, 0.1) is 34.4 Å². The first-order chi connectivity index (χ1) is 32.6. The molecule has 8 nitrogen and oxygen atoms in total. The molecule has 0 aromatic heterocycles. The fourth-order valence-electron chi connectivity index (χ4n) is 8.27. The molecule has 2 unspecified atom stereocenters. The minimum absolute atomic E-state index is 0.0878. The number of phosphoric acid groups is 1.